The summed E-state index contributed by atoms with van der Waals surface area (Å²) in [6.45, 7) is 4.60. The minimum Gasteiger partial charge on any atom is -0.493 e. The lowest BCUT2D eigenvalue weighted by Gasteiger charge is -2.13. The van der Waals surface area contributed by atoms with Gasteiger partial charge in [-0.2, -0.15) is 0 Å². The van der Waals surface area contributed by atoms with Crippen molar-refractivity contribution in [2.24, 2.45) is 0 Å². The molecule has 0 radical (unpaired) electrons. The second-order valence-corrected chi connectivity index (χ2v) is 5.00. The van der Waals surface area contributed by atoms with E-state index in [4.69, 9.17) is 26.8 Å². The number of nitrogen functional groups attached to an aromatic ring is 1. The van der Waals surface area contributed by atoms with Crippen LogP contribution in [0.2, 0.25) is 5.02 Å². The third-order valence-electron chi connectivity index (χ3n) is 3.05. The first-order valence-electron chi connectivity index (χ1n) is 7.06. The van der Waals surface area contributed by atoms with Gasteiger partial charge in [-0.15, -0.1) is 0 Å². The molecule has 4 nitrogen and oxygen atoms in total. The van der Waals surface area contributed by atoms with Crippen LogP contribution in [0.5, 0.6) is 11.5 Å². The topological polar surface area (TPSA) is 61.5 Å². The lowest BCUT2D eigenvalue weighted by Crippen LogP contribution is -2.07. The highest BCUT2D eigenvalue weighted by Gasteiger charge is 2.18. The number of hydrogen-bond acceptors (Lipinski definition) is 4. The molecular formula is C17H18ClNO3. The Morgan fingerprint density at radius 3 is 2.23 bits per heavy atom. The summed E-state index contributed by atoms with van der Waals surface area (Å²) in [5.74, 6) is 0.741. The molecule has 2 aromatic carbocycles. The van der Waals surface area contributed by atoms with E-state index in [9.17, 15) is 4.79 Å². The number of hydrogen-bond donors (Lipinski definition) is 1. The molecule has 0 aliphatic heterocycles. The van der Waals surface area contributed by atoms with E-state index in [1.165, 1.54) is 0 Å². The van der Waals surface area contributed by atoms with Gasteiger partial charge in [0.25, 0.3) is 0 Å². The minimum absolute atomic E-state index is 0.166. The molecular weight excluding hydrogens is 302 g/mol. The summed E-state index contributed by atoms with van der Waals surface area (Å²) in [7, 11) is 0. The van der Waals surface area contributed by atoms with Crippen molar-refractivity contribution in [2.45, 2.75) is 13.8 Å². The van der Waals surface area contributed by atoms with Crippen LogP contribution in [-0.2, 0) is 0 Å². The molecule has 5 heteroatoms. The van der Waals surface area contributed by atoms with Crippen molar-refractivity contribution in [3.63, 3.8) is 0 Å². The van der Waals surface area contributed by atoms with E-state index in [1.807, 2.05) is 13.8 Å². The molecule has 0 atom stereocenters. The van der Waals surface area contributed by atoms with Crippen LogP contribution in [0.4, 0.5) is 5.69 Å². The summed E-state index contributed by atoms with van der Waals surface area (Å²) >= 11 is 6.15. The molecule has 2 rings (SSSR count). The number of ketones is 1. The van der Waals surface area contributed by atoms with Gasteiger partial charge in [-0.1, -0.05) is 11.6 Å². The SMILES string of the molecule is CCOc1cc(C(=O)c2ccc(N)cc2)c(OCC)cc1Cl. The molecule has 0 aliphatic rings. The van der Waals surface area contributed by atoms with E-state index in [2.05, 4.69) is 0 Å². The average Bonchev–Trinajstić information content (AvgIpc) is 2.50. The van der Waals surface area contributed by atoms with Gasteiger partial charge in [0, 0.05) is 17.3 Å². The maximum absolute atomic E-state index is 12.7. The Balaban J connectivity index is 2.48. The van der Waals surface area contributed by atoms with Gasteiger partial charge in [0.1, 0.15) is 11.5 Å². The van der Waals surface area contributed by atoms with Crippen LogP contribution in [0.25, 0.3) is 0 Å². The van der Waals surface area contributed by atoms with Crippen LogP contribution in [0.1, 0.15) is 29.8 Å². The average molecular weight is 320 g/mol. The monoisotopic (exact) mass is 319 g/mol. The van der Waals surface area contributed by atoms with Crippen LogP contribution in [0, 0.1) is 0 Å². The van der Waals surface area contributed by atoms with Gasteiger partial charge < -0.3 is 15.2 Å². The molecule has 0 amide bonds. The molecule has 22 heavy (non-hydrogen) atoms. The van der Waals surface area contributed by atoms with Crippen LogP contribution in [0.15, 0.2) is 36.4 Å². The standard InChI is InChI=1S/C17H18ClNO3/c1-3-21-15-10-14(18)16(22-4-2)9-13(15)17(20)11-5-7-12(19)8-6-11/h5-10H,3-4,19H2,1-2H3. The zero-order valence-electron chi connectivity index (χ0n) is 12.6. The quantitative estimate of drug-likeness (QED) is 0.647. The number of rotatable bonds is 6. The third-order valence-corrected chi connectivity index (χ3v) is 3.35. The van der Waals surface area contributed by atoms with Crippen LogP contribution in [-0.4, -0.2) is 19.0 Å². The van der Waals surface area contributed by atoms with E-state index in [0.717, 1.165) is 0 Å². The highest BCUT2D eigenvalue weighted by Crippen LogP contribution is 2.34. The Morgan fingerprint density at radius 1 is 1.05 bits per heavy atom. The zero-order chi connectivity index (χ0) is 16.1. The number of anilines is 1. The third kappa shape index (κ3) is 3.52. The van der Waals surface area contributed by atoms with E-state index in [1.54, 1.807) is 36.4 Å². The molecule has 0 fully saturated rings. The van der Waals surface area contributed by atoms with Crippen molar-refractivity contribution in [3.05, 3.63) is 52.5 Å². The molecule has 116 valence electrons. The fourth-order valence-electron chi connectivity index (χ4n) is 2.04. The Kier molecular flexibility index (Phi) is 5.28. The number of carbonyl (C=O) groups is 1. The second kappa shape index (κ2) is 7.18. The highest BCUT2D eigenvalue weighted by atomic mass is 35.5. The molecule has 0 aliphatic carbocycles. The van der Waals surface area contributed by atoms with Crippen LogP contribution in [0.3, 0.4) is 0 Å². The van der Waals surface area contributed by atoms with Crippen molar-refractivity contribution in [3.8, 4) is 11.5 Å². The number of halogens is 1. The molecule has 0 unspecified atom stereocenters. The maximum atomic E-state index is 12.7. The highest BCUT2D eigenvalue weighted by molar-refractivity contribution is 6.32. The van der Waals surface area contributed by atoms with Gasteiger partial charge in [-0.25, -0.2) is 0 Å². The summed E-state index contributed by atoms with van der Waals surface area (Å²) in [6, 6.07) is 9.97. The Morgan fingerprint density at radius 2 is 1.64 bits per heavy atom. The number of nitrogens with two attached hydrogens (primary N) is 1. The Labute approximate surface area is 134 Å². The minimum atomic E-state index is -0.166. The van der Waals surface area contributed by atoms with Gasteiger partial charge in [0.05, 0.1) is 23.8 Å². The zero-order valence-corrected chi connectivity index (χ0v) is 13.3. The molecule has 0 saturated heterocycles. The molecule has 2 aromatic rings. The van der Waals surface area contributed by atoms with Crippen molar-refractivity contribution in [1.82, 2.24) is 0 Å². The van der Waals surface area contributed by atoms with Gasteiger partial charge in [0.2, 0.25) is 0 Å². The fourth-order valence-corrected chi connectivity index (χ4v) is 2.25. The molecule has 2 N–H and O–H groups in total. The molecule has 0 saturated carbocycles. The van der Waals surface area contributed by atoms with Crippen molar-refractivity contribution >= 4 is 23.1 Å². The lowest BCUT2D eigenvalue weighted by molar-refractivity contribution is 0.103. The summed E-state index contributed by atoms with van der Waals surface area (Å²) < 4.78 is 11.0. The van der Waals surface area contributed by atoms with Gasteiger partial charge in [-0.3, -0.25) is 4.79 Å². The van der Waals surface area contributed by atoms with Gasteiger partial charge >= 0.3 is 0 Å². The molecule has 0 spiro atoms. The first-order valence-corrected chi connectivity index (χ1v) is 7.44. The second-order valence-electron chi connectivity index (χ2n) is 4.60. The van der Waals surface area contributed by atoms with Crippen molar-refractivity contribution in [1.29, 1.82) is 0 Å². The summed E-state index contributed by atoms with van der Waals surface area (Å²) in [4.78, 5) is 12.7. The fraction of sp³-hybridized carbons (Fsp3) is 0.235. The van der Waals surface area contributed by atoms with Crippen molar-refractivity contribution < 1.29 is 14.3 Å². The molecule has 0 aromatic heterocycles. The molecule has 0 heterocycles. The van der Waals surface area contributed by atoms with Gasteiger partial charge in [0.15, 0.2) is 5.78 Å². The first kappa shape index (κ1) is 16.2. The smallest absolute Gasteiger partial charge is 0.196 e. The van der Waals surface area contributed by atoms with E-state index >= 15 is 0 Å². The van der Waals surface area contributed by atoms with E-state index < -0.39 is 0 Å². The number of ether oxygens (including phenoxy) is 2. The number of benzene rings is 2. The Hall–Kier alpha value is -2.20. The summed E-state index contributed by atoms with van der Waals surface area (Å²) in [6.07, 6.45) is 0. The summed E-state index contributed by atoms with van der Waals surface area (Å²) in [5.41, 5.74) is 7.20. The maximum Gasteiger partial charge on any atom is 0.196 e. The normalized spacial score (nSPS) is 10.3. The first-order chi connectivity index (χ1) is 10.6. The largest absolute Gasteiger partial charge is 0.493 e. The van der Waals surface area contributed by atoms with Crippen LogP contribution < -0.4 is 15.2 Å². The lowest BCUT2D eigenvalue weighted by atomic mass is 10.0. The Bertz CT molecular complexity index is 668. The molecule has 0 bridgehead atoms. The number of carbonyl (C=O) groups excluding carboxylic acids is 1. The predicted octanol–water partition coefficient (Wildman–Crippen LogP) is 3.95. The van der Waals surface area contributed by atoms with E-state index in [0.29, 0.717) is 46.5 Å². The van der Waals surface area contributed by atoms with Crippen molar-refractivity contribution in [2.75, 3.05) is 18.9 Å². The van der Waals surface area contributed by atoms with E-state index in [-0.39, 0.29) is 5.78 Å². The van der Waals surface area contributed by atoms with Gasteiger partial charge in [-0.05, 0) is 44.2 Å². The van der Waals surface area contributed by atoms with Crippen LogP contribution >= 0.6 is 11.6 Å². The predicted molar refractivity (Wildman–Crippen MR) is 88.1 cm³/mol. The summed E-state index contributed by atoms with van der Waals surface area (Å²) in [5, 5.41) is 0.416.